The molecule has 2 aromatic rings. The molecule has 0 fully saturated rings. The van der Waals surface area contributed by atoms with Gasteiger partial charge in [0.15, 0.2) is 0 Å². The Labute approximate surface area is 126 Å². The summed E-state index contributed by atoms with van der Waals surface area (Å²) >= 11 is 5.86. The summed E-state index contributed by atoms with van der Waals surface area (Å²) in [7, 11) is 0. The lowest BCUT2D eigenvalue weighted by Crippen LogP contribution is -2.42. The molecular formula is C15H13ClN2O3. The molecular weight excluding hydrogens is 292 g/mol. The molecule has 0 bridgehead atoms. The van der Waals surface area contributed by atoms with Crippen LogP contribution in [0.2, 0.25) is 5.02 Å². The maximum Gasteiger partial charge on any atom is 0.326 e. The Kier molecular flexibility index (Phi) is 4.90. The number of halogens is 1. The van der Waals surface area contributed by atoms with Crippen molar-refractivity contribution in [2.45, 2.75) is 12.5 Å². The summed E-state index contributed by atoms with van der Waals surface area (Å²) in [5.74, 6) is -1.63. The predicted octanol–water partition coefficient (Wildman–Crippen LogP) is 2.16. The highest BCUT2D eigenvalue weighted by molar-refractivity contribution is 6.30. The Morgan fingerprint density at radius 3 is 2.67 bits per heavy atom. The number of hydrogen-bond acceptors (Lipinski definition) is 3. The van der Waals surface area contributed by atoms with Gasteiger partial charge in [-0.05, 0) is 29.8 Å². The maximum absolute atomic E-state index is 12.0. The molecule has 6 heteroatoms. The fourth-order valence-electron chi connectivity index (χ4n) is 1.83. The van der Waals surface area contributed by atoms with Gasteiger partial charge in [-0.3, -0.25) is 9.78 Å². The Hall–Kier alpha value is -2.40. The number of carbonyl (C=O) groups is 2. The van der Waals surface area contributed by atoms with E-state index in [0.29, 0.717) is 5.02 Å². The number of aromatic nitrogens is 1. The van der Waals surface area contributed by atoms with Crippen LogP contribution in [-0.4, -0.2) is 28.0 Å². The number of amides is 1. The highest BCUT2D eigenvalue weighted by Crippen LogP contribution is 2.12. The number of aliphatic carboxylic acids is 1. The highest BCUT2D eigenvalue weighted by atomic mass is 35.5. The SMILES string of the molecule is O=C(N[C@H](Cc1cccc(Cl)c1)C(=O)O)c1ccccn1. The molecule has 108 valence electrons. The second-order valence-electron chi connectivity index (χ2n) is 4.41. The normalized spacial score (nSPS) is 11.7. The number of nitrogens with zero attached hydrogens (tertiary/aromatic N) is 1. The summed E-state index contributed by atoms with van der Waals surface area (Å²) in [6.45, 7) is 0. The van der Waals surface area contributed by atoms with Gasteiger partial charge in [-0.15, -0.1) is 0 Å². The minimum absolute atomic E-state index is 0.147. The third-order valence-corrected chi connectivity index (χ3v) is 3.06. The Morgan fingerprint density at radius 1 is 1.24 bits per heavy atom. The maximum atomic E-state index is 12.0. The van der Waals surface area contributed by atoms with E-state index in [4.69, 9.17) is 11.6 Å². The van der Waals surface area contributed by atoms with Gasteiger partial charge < -0.3 is 10.4 Å². The van der Waals surface area contributed by atoms with E-state index in [2.05, 4.69) is 10.3 Å². The van der Waals surface area contributed by atoms with Crippen LogP contribution in [0.4, 0.5) is 0 Å². The molecule has 0 unspecified atom stereocenters. The summed E-state index contributed by atoms with van der Waals surface area (Å²) in [6.07, 6.45) is 1.62. The fraction of sp³-hybridized carbons (Fsp3) is 0.133. The molecule has 0 aliphatic carbocycles. The van der Waals surface area contributed by atoms with Crippen molar-refractivity contribution in [3.63, 3.8) is 0 Å². The van der Waals surface area contributed by atoms with Gasteiger partial charge in [0.05, 0.1) is 0 Å². The summed E-state index contributed by atoms with van der Waals surface area (Å²) in [5.41, 5.74) is 0.908. The van der Waals surface area contributed by atoms with E-state index in [0.717, 1.165) is 5.56 Å². The number of rotatable bonds is 5. The van der Waals surface area contributed by atoms with Crippen molar-refractivity contribution in [3.05, 3.63) is 64.9 Å². The Balaban J connectivity index is 2.09. The van der Waals surface area contributed by atoms with E-state index < -0.39 is 17.9 Å². The van der Waals surface area contributed by atoms with Crippen molar-refractivity contribution in [1.82, 2.24) is 10.3 Å². The van der Waals surface area contributed by atoms with Crippen molar-refractivity contribution < 1.29 is 14.7 Å². The van der Waals surface area contributed by atoms with Gasteiger partial charge in [-0.1, -0.05) is 29.8 Å². The number of hydrogen-bond donors (Lipinski definition) is 2. The van der Waals surface area contributed by atoms with Gasteiger partial charge in [0.1, 0.15) is 11.7 Å². The number of nitrogens with one attached hydrogen (secondary N) is 1. The monoisotopic (exact) mass is 304 g/mol. The molecule has 0 saturated carbocycles. The van der Waals surface area contributed by atoms with Crippen LogP contribution in [0, 0.1) is 0 Å². The number of carboxylic acids is 1. The molecule has 21 heavy (non-hydrogen) atoms. The molecule has 1 aromatic carbocycles. The minimum atomic E-state index is -1.11. The molecule has 0 spiro atoms. The summed E-state index contributed by atoms with van der Waals surface area (Å²) in [5, 5.41) is 12.2. The van der Waals surface area contributed by atoms with Gasteiger partial charge in [0.25, 0.3) is 5.91 Å². The van der Waals surface area contributed by atoms with E-state index in [-0.39, 0.29) is 12.1 Å². The van der Waals surface area contributed by atoms with Gasteiger partial charge >= 0.3 is 5.97 Å². The number of benzene rings is 1. The minimum Gasteiger partial charge on any atom is -0.480 e. The second kappa shape index (κ2) is 6.85. The molecule has 2 rings (SSSR count). The van der Waals surface area contributed by atoms with Crippen LogP contribution in [0.15, 0.2) is 48.7 Å². The first-order chi connectivity index (χ1) is 10.1. The first-order valence-electron chi connectivity index (χ1n) is 6.25. The van der Waals surface area contributed by atoms with Crippen LogP contribution in [0.3, 0.4) is 0 Å². The molecule has 0 aliphatic rings. The average Bonchev–Trinajstić information content (AvgIpc) is 2.47. The Morgan fingerprint density at radius 2 is 2.05 bits per heavy atom. The van der Waals surface area contributed by atoms with Crippen molar-refractivity contribution in [2.24, 2.45) is 0 Å². The van der Waals surface area contributed by atoms with Crippen molar-refractivity contribution in [2.75, 3.05) is 0 Å². The van der Waals surface area contributed by atoms with Crippen LogP contribution in [-0.2, 0) is 11.2 Å². The smallest absolute Gasteiger partial charge is 0.326 e. The zero-order valence-corrected chi connectivity index (χ0v) is 11.7. The van der Waals surface area contributed by atoms with Crippen LogP contribution in [0.1, 0.15) is 16.1 Å². The number of carboxylic acid groups (broad SMARTS) is 1. The summed E-state index contributed by atoms with van der Waals surface area (Å²) < 4.78 is 0. The van der Waals surface area contributed by atoms with E-state index in [1.54, 1.807) is 36.4 Å². The molecule has 1 atom stereocenters. The first-order valence-corrected chi connectivity index (χ1v) is 6.63. The number of carbonyl (C=O) groups excluding carboxylic acids is 1. The zero-order valence-electron chi connectivity index (χ0n) is 11.0. The summed E-state index contributed by atoms with van der Waals surface area (Å²) in [6, 6.07) is 10.7. The quantitative estimate of drug-likeness (QED) is 0.887. The zero-order chi connectivity index (χ0) is 15.2. The fourth-order valence-corrected chi connectivity index (χ4v) is 2.04. The molecule has 1 amide bonds. The van der Waals surface area contributed by atoms with Crippen molar-refractivity contribution in [3.8, 4) is 0 Å². The standard InChI is InChI=1S/C15H13ClN2O3/c16-11-5-3-4-10(8-11)9-13(15(20)21)18-14(19)12-6-1-2-7-17-12/h1-8,13H,9H2,(H,18,19)(H,20,21)/t13-/m1/s1. The van der Waals surface area contributed by atoms with E-state index >= 15 is 0 Å². The number of pyridine rings is 1. The van der Waals surface area contributed by atoms with Gasteiger partial charge in [0, 0.05) is 17.6 Å². The third kappa shape index (κ3) is 4.29. The predicted molar refractivity (Wildman–Crippen MR) is 78.3 cm³/mol. The van der Waals surface area contributed by atoms with Gasteiger partial charge in [-0.25, -0.2) is 4.79 Å². The van der Waals surface area contributed by atoms with E-state index in [1.165, 1.54) is 12.3 Å². The lowest BCUT2D eigenvalue weighted by Gasteiger charge is -2.14. The van der Waals surface area contributed by atoms with Crippen LogP contribution >= 0.6 is 11.6 Å². The van der Waals surface area contributed by atoms with Crippen LogP contribution < -0.4 is 5.32 Å². The molecule has 0 radical (unpaired) electrons. The highest BCUT2D eigenvalue weighted by Gasteiger charge is 2.21. The van der Waals surface area contributed by atoms with E-state index in [9.17, 15) is 14.7 Å². The van der Waals surface area contributed by atoms with Crippen LogP contribution in [0.25, 0.3) is 0 Å². The first kappa shape index (κ1) is 15.0. The van der Waals surface area contributed by atoms with Gasteiger partial charge in [0.2, 0.25) is 0 Å². The van der Waals surface area contributed by atoms with E-state index in [1.807, 2.05) is 0 Å². The second-order valence-corrected chi connectivity index (χ2v) is 4.85. The van der Waals surface area contributed by atoms with Crippen molar-refractivity contribution in [1.29, 1.82) is 0 Å². The molecule has 1 heterocycles. The molecule has 5 nitrogen and oxygen atoms in total. The molecule has 0 saturated heterocycles. The molecule has 1 aromatic heterocycles. The summed E-state index contributed by atoms with van der Waals surface area (Å²) in [4.78, 5) is 27.1. The average molecular weight is 305 g/mol. The molecule has 2 N–H and O–H groups in total. The van der Waals surface area contributed by atoms with Crippen molar-refractivity contribution >= 4 is 23.5 Å². The lowest BCUT2D eigenvalue weighted by atomic mass is 10.1. The molecule has 0 aliphatic heterocycles. The van der Waals surface area contributed by atoms with Gasteiger partial charge in [-0.2, -0.15) is 0 Å². The lowest BCUT2D eigenvalue weighted by molar-refractivity contribution is -0.139. The topological polar surface area (TPSA) is 79.3 Å². The van der Waals surface area contributed by atoms with Crippen LogP contribution in [0.5, 0.6) is 0 Å². The Bertz CT molecular complexity index is 646. The third-order valence-electron chi connectivity index (χ3n) is 2.83. The largest absolute Gasteiger partial charge is 0.480 e.